The van der Waals surface area contributed by atoms with Crippen LogP contribution in [0, 0.1) is 0 Å². The molecular formula is C32H44N4O9. The van der Waals surface area contributed by atoms with Crippen LogP contribution in [0.2, 0.25) is 0 Å². The Hall–Kier alpha value is -4.04. The van der Waals surface area contributed by atoms with Crippen molar-refractivity contribution in [2.45, 2.75) is 70.8 Å². The largest absolute Gasteiger partial charge is 0.508 e. The van der Waals surface area contributed by atoms with E-state index in [4.69, 9.17) is 15.2 Å². The molecule has 1 saturated heterocycles. The van der Waals surface area contributed by atoms with Crippen molar-refractivity contribution in [1.29, 1.82) is 0 Å². The van der Waals surface area contributed by atoms with Gasteiger partial charge in [-0.3, -0.25) is 19.3 Å². The highest BCUT2D eigenvalue weighted by Gasteiger charge is 2.44. The first-order valence-electron chi connectivity index (χ1n) is 15.2. The number of amides is 4. The van der Waals surface area contributed by atoms with Crippen LogP contribution < -0.4 is 16.0 Å². The fourth-order valence-corrected chi connectivity index (χ4v) is 4.98. The van der Waals surface area contributed by atoms with Crippen LogP contribution >= 0.6 is 0 Å². The summed E-state index contributed by atoms with van der Waals surface area (Å²) >= 11 is 0. The molecule has 0 radical (unpaired) electrons. The number of primary amides is 1. The molecule has 3 rings (SSSR count). The lowest BCUT2D eigenvalue weighted by atomic mass is 10.1. The van der Waals surface area contributed by atoms with Crippen LogP contribution in [-0.2, 0) is 36.9 Å². The third-order valence-electron chi connectivity index (χ3n) is 7.36. The number of hydrogen-bond acceptors (Lipinski definition) is 10. The second kappa shape index (κ2) is 18.1. The first kappa shape index (κ1) is 35.4. The number of aliphatic hydroxyl groups excluding tert-OH is 2. The number of carbonyl (C=O) groups is 4. The van der Waals surface area contributed by atoms with E-state index in [0.717, 1.165) is 73.8 Å². The summed E-state index contributed by atoms with van der Waals surface area (Å²) in [6, 6.07) is 11.0. The molecule has 1 heterocycles. The Balaban J connectivity index is 1.26. The highest BCUT2D eigenvalue weighted by molar-refractivity contribution is 6.20. The smallest absolute Gasteiger partial charge is 0.335 e. The Labute approximate surface area is 262 Å². The van der Waals surface area contributed by atoms with E-state index in [-0.39, 0.29) is 12.4 Å². The summed E-state index contributed by atoms with van der Waals surface area (Å²) in [4.78, 5) is 50.4. The molecule has 45 heavy (non-hydrogen) atoms. The summed E-state index contributed by atoms with van der Waals surface area (Å²) in [6.07, 6.45) is 4.10. The normalized spacial score (nSPS) is 14.6. The van der Waals surface area contributed by atoms with E-state index >= 15 is 0 Å². The second-order valence-corrected chi connectivity index (χ2v) is 10.9. The molecule has 13 heteroatoms. The molecule has 1 unspecified atom stereocenters. The zero-order chi connectivity index (χ0) is 32.8. The molecule has 6 N–H and O–H groups in total. The molecule has 0 saturated carbocycles. The minimum Gasteiger partial charge on any atom is -0.508 e. The van der Waals surface area contributed by atoms with Crippen LogP contribution in [0.1, 0.15) is 68.2 Å². The molecule has 0 aliphatic carbocycles. The first-order valence-corrected chi connectivity index (χ1v) is 15.2. The summed E-state index contributed by atoms with van der Waals surface area (Å²) in [7, 11) is 0. The number of rotatable bonds is 20. The van der Waals surface area contributed by atoms with Gasteiger partial charge >= 0.3 is 12.0 Å². The van der Waals surface area contributed by atoms with Gasteiger partial charge in [-0.05, 0) is 74.0 Å². The van der Waals surface area contributed by atoms with E-state index in [2.05, 4.69) is 5.32 Å². The van der Waals surface area contributed by atoms with Crippen molar-refractivity contribution in [3.05, 3.63) is 59.2 Å². The zero-order valence-electron chi connectivity index (χ0n) is 25.7. The summed E-state index contributed by atoms with van der Waals surface area (Å²) in [5, 5.41) is 32.4. The molecule has 0 aromatic heterocycles. The standard InChI is InChI=1S/C32H44N4O9/c1-22(38)45-31(30(33)42)35-20-29(41)36(32(35)43)26-11-8-10-23(17-26)9-4-7-16-44-15-6-3-2-5-14-34-19-28(40)24-12-13-27(39)25(18-24)21-37/h8,10-13,17-18,28,31,34,37,39-40H,2-7,9,14-16,19-21H2,1H3,(H2,33,42)/t28-,31?/m1/s1. The number of esters is 1. The van der Waals surface area contributed by atoms with Gasteiger partial charge in [0.05, 0.1) is 18.4 Å². The van der Waals surface area contributed by atoms with Gasteiger partial charge in [-0.1, -0.05) is 31.0 Å². The van der Waals surface area contributed by atoms with E-state index < -0.39 is 42.7 Å². The number of unbranched alkanes of at least 4 members (excludes halogenated alkanes) is 4. The van der Waals surface area contributed by atoms with Crippen molar-refractivity contribution in [1.82, 2.24) is 10.2 Å². The highest BCUT2D eigenvalue weighted by atomic mass is 16.6. The lowest BCUT2D eigenvalue weighted by molar-refractivity contribution is -0.161. The maximum Gasteiger partial charge on any atom is 0.335 e. The molecule has 2 aromatic rings. The van der Waals surface area contributed by atoms with Crippen molar-refractivity contribution in [3.63, 3.8) is 0 Å². The number of imide groups is 1. The monoisotopic (exact) mass is 628 g/mol. The summed E-state index contributed by atoms with van der Waals surface area (Å²) < 4.78 is 10.6. The molecule has 0 bridgehead atoms. The average Bonchev–Trinajstić information content (AvgIpc) is 3.31. The number of aryl methyl sites for hydroxylation is 1. The Morgan fingerprint density at radius 3 is 2.47 bits per heavy atom. The van der Waals surface area contributed by atoms with Gasteiger partial charge in [0.2, 0.25) is 0 Å². The maximum absolute atomic E-state index is 12.9. The fraction of sp³-hybridized carbons (Fsp3) is 0.500. The molecule has 4 amide bonds. The van der Waals surface area contributed by atoms with E-state index in [1.165, 1.54) is 6.07 Å². The fourth-order valence-electron chi connectivity index (χ4n) is 4.98. The second-order valence-electron chi connectivity index (χ2n) is 10.9. The van der Waals surface area contributed by atoms with Crippen molar-refractivity contribution < 1.29 is 44.0 Å². The third kappa shape index (κ3) is 10.8. The zero-order valence-corrected chi connectivity index (χ0v) is 25.7. The van der Waals surface area contributed by atoms with Crippen LogP contribution in [-0.4, -0.2) is 83.1 Å². The Morgan fingerprint density at radius 2 is 1.76 bits per heavy atom. The van der Waals surface area contributed by atoms with Gasteiger partial charge in [0.15, 0.2) is 0 Å². The minimum atomic E-state index is -1.66. The van der Waals surface area contributed by atoms with Crippen LogP contribution in [0.3, 0.4) is 0 Å². The van der Waals surface area contributed by atoms with Gasteiger partial charge in [-0.25, -0.2) is 9.69 Å². The van der Waals surface area contributed by atoms with Gasteiger partial charge in [0.1, 0.15) is 12.3 Å². The number of urea groups is 1. The van der Waals surface area contributed by atoms with E-state index in [1.807, 2.05) is 6.07 Å². The van der Waals surface area contributed by atoms with E-state index in [0.29, 0.717) is 36.6 Å². The Kier molecular flexibility index (Phi) is 14.2. The quantitative estimate of drug-likeness (QED) is 0.0825. The number of aromatic hydroxyl groups is 1. The summed E-state index contributed by atoms with van der Waals surface area (Å²) in [6.45, 7) is 2.87. The number of anilines is 1. The summed E-state index contributed by atoms with van der Waals surface area (Å²) in [5.74, 6) is -2.38. The molecule has 246 valence electrons. The number of nitrogens with two attached hydrogens (primary N) is 1. The summed E-state index contributed by atoms with van der Waals surface area (Å²) in [5.41, 5.74) is 7.63. The van der Waals surface area contributed by atoms with Gasteiger partial charge in [-0.15, -0.1) is 0 Å². The number of phenols is 1. The lowest BCUT2D eigenvalue weighted by Crippen LogP contribution is -2.49. The predicted molar refractivity (Wildman–Crippen MR) is 165 cm³/mol. The van der Waals surface area contributed by atoms with Crippen molar-refractivity contribution in [2.24, 2.45) is 5.73 Å². The number of carbonyl (C=O) groups excluding carboxylic acids is 4. The van der Waals surface area contributed by atoms with Crippen molar-refractivity contribution in [2.75, 3.05) is 37.7 Å². The molecule has 2 atom stereocenters. The van der Waals surface area contributed by atoms with E-state index in [1.54, 1.807) is 30.3 Å². The molecule has 1 aliphatic rings. The molecule has 1 fully saturated rings. The van der Waals surface area contributed by atoms with Gasteiger partial charge in [0, 0.05) is 32.2 Å². The number of benzene rings is 2. The number of hydrogen-bond donors (Lipinski definition) is 5. The van der Waals surface area contributed by atoms with Gasteiger partial charge < -0.3 is 35.8 Å². The van der Waals surface area contributed by atoms with Crippen LogP contribution in [0.15, 0.2) is 42.5 Å². The van der Waals surface area contributed by atoms with Crippen LogP contribution in [0.5, 0.6) is 5.75 Å². The average molecular weight is 629 g/mol. The van der Waals surface area contributed by atoms with Crippen molar-refractivity contribution >= 4 is 29.5 Å². The van der Waals surface area contributed by atoms with E-state index in [9.17, 15) is 34.5 Å². The molecular weight excluding hydrogens is 584 g/mol. The number of nitrogens with one attached hydrogen (secondary N) is 1. The molecule has 2 aromatic carbocycles. The minimum absolute atomic E-state index is 0.0146. The third-order valence-corrected chi connectivity index (χ3v) is 7.36. The molecule has 13 nitrogen and oxygen atoms in total. The van der Waals surface area contributed by atoms with Crippen LogP contribution in [0.25, 0.3) is 0 Å². The first-order chi connectivity index (χ1) is 21.6. The van der Waals surface area contributed by atoms with Crippen molar-refractivity contribution in [3.8, 4) is 5.75 Å². The highest BCUT2D eigenvalue weighted by Crippen LogP contribution is 2.25. The number of aliphatic hydroxyl groups is 2. The topological polar surface area (TPSA) is 192 Å². The lowest BCUT2D eigenvalue weighted by Gasteiger charge is -2.23. The SMILES string of the molecule is CC(=O)OC(C(N)=O)N1CC(=O)N(c2cccc(CCCCOCCCCCCNC[C@@H](O)c3ccc(O)c(CO)c3)c2)C1=O. The Morgan fingerprint density at radius 1 is 1.02 bits per heavy atom. The van der Waals surface area contributed by atoms with Gasteiger partial charge in [-0.2, -0.15) is 0 Å². The van der Waals surface area contributed by atoms with Gasteiger partial charge in [0.25, 0.3) is 18.0 Å². The predicted octanol–water partition coefficient (Wildman–Crippen LogP) is 2.25. The van der Waals surface area contributed by atoms with Crippen LogP contribution in [0.4, 0.5) is 10.5 Å². The molecule has 0 spiro atoms. The number of ether oxygens (including phenoxy) is 2. The maximum atomic E-state index is 12.9. The number of nitrogens with zero attached hydrogens (tertiary/aromatic N) is 2. The Bertz CT molecular complexity index is 1310. The molecule has 1 aliphatic heterocycles.